The van der Waals surface area contributed by atoms with Gasteiger partial charge in [0.25, 0.3) is 0 Å². The van der Waals surface area contributed by atoms with Crippen LogP contribution in [0.25, 0.3) is 0 Å². The summed E-state index contributed by atoms with van der Waals surface area (Å²) in [5.74, 6) is 0. The Kier molecular flexibility index (Phi) is 4.52. The largest absolute Gasteiger partial charge is 2.00 e. The molecule has 0 saturated carbocycles. The molecule has 0 bridgehead atoms. The monoisotopic (exact) mass is 268 g/mol. The third-order valence-corrected chi connectivity index (χ3v) is 0. The maximum absolute atomic E-state index is 5.35. The quantitative estimate of drug-likeness (QED) is 0.689. The second-order valence-electron chi connectivity index (χ2n) is 2.37. The Morgan fingerprint density at radius 3 is 1.17 bits per heavy atom. The molecular weight excluding hydrogens is 257 g/mol. The zero-order valence-electron chi connectivity index (χ0n) is 4.39. The summed E-state index contributed by atoms with van der Waals surface area (Å²) in [7, 11) is 0. The molecule has 0 unspecified atom stereocenters. The third-order valence-electron chi connectivity index (χ3n) is 0. The second kappa shape index (κ2) is 2.76. The van der Waals surface area contributed by atoms with Crippen LogP contribution in [0.1, 0.15) is 20.8 Å². The normalized spacial score (nSPS) is 10.0. The van der Waals surface area contributed by atoms with Crippen molar-refractivity contribution in [2.45, 2.75) is 26.3 Å². The van der Waals surface area contributed by atoms with E-state index >= 15 is 0 Å². The molecule has 0 fully saturated rings. The molecule has 0 atom stereocenters. The predicted molar refractivity (Wildman–Crippen MR) is 23.9 cm³/mol. The molecule has 0 spiro atoms. The van der Waals surface area contributed by atoms with E-state index in [0.717, 1.165) is 0 Å². The fourth-order valence-electron chi connectivity index (χ4n) is 0. The molecule has 0 aromatic heterocycles. The van der Waals surface area contributed by atoms with Crippen molar-refractivity contribution in [2.24, 2.45) is 5.73 Å². The zero-order valence-corrected chi connectivity index (χ0v) is 6.67. The average Bonchev–Trinajstić information content (AvgIpc) is 0.722. The number of nitrogens with two attached hydrogens (primary N) is 1. The SMILES string of the molecule is CC(C)(C)N.[Pt+2]. The Bertz CT molecular complexity index is 23.0. The van der Waals surface area contributed by atoms with Crippen molar-refractivity contribution in [3.05, 3.63) is 0 Å². The van der Waals surface area contributed by atoms with E-state index in [0.29, 0.717) is 0 Å². The van der Waals surface area contributed by atoms with Gasteiger partial charge in [0.2, 0.25) is 0 Å². The van der Waals surface area contributed by atoms with Gasteiger partial charge in [0, 0.05) is 5.54 Å². The van der Waals surface area contributed by atoms with Crippen LogP contribution in [0.2, 0.25) is 0 Å². The van der Waals surface area contributed by atoms with Gasteiger partial charge >= 0.3 is 21.1 Å². The van der Waals surface area contributed by atoms with Gasteiger partial charge in [-0.2, -0.15) is 0 Å². The molecule has 2 heteroatoms. The van der Waals surface area contributed by atoms with Crippen LogP contribution in [0, 0.1) is 0 Å². The van der Waals surface area contributed by atoms with Crippen molar-refractivity contribution in [3.8, 4) is 0 Å². The minimum Gasteiger partial charge on any atom is -0.326 e. The van der Waals surface area contributed by atoms with Gasteiger partial charge in [0.1, 0.15) is 0 Å². The minimum atomic E-state index is 0. The topological polar surface area (TPSA) is 26.0 Å². The summed E-state index contributed by atoms with van der Waals surface area (Å²) < 4.78 is 0. The van der Waals surface area contributed by atoms with Crippen molar-refractivity contribution in [2.75, 3.05) is 0 Å². The van der Waals surface area contributed by atoms with Gasteiger partial charge in [-0.1, -0.05) is 0 Å². The Labute approximate surface area is 53.6 Å². The summed E-state index contributed by atoms with van der Waals surface area (Å²) in [5, 5.41) is 0. The first-order valence-corrected chi connectivity index (χ1v) is 1.79. The molecule has 0 aliphatic carbocycles. The van der Waals surface area contributed by atoms with E-state index in [4.69, 9.17) is 5.73 Å². The van der Waals surface area contributed by atoms with Crippen molar-refractivity contribution in [3.63, 3.8) is 0 Å². The summed E-state index contributed by atoms with van der Waals surface area (Å²) in [6, 6.07) is 0. The van der Waals surface area contributed by atoms with Crippen LogP contribution in [0.15, 0.2) is 0 Å². The molecule has 0 aliphatic heterocycles. The summed E-state index contributed by atoms with van der Waals surface area (Å²) in [4.78, 5) is 0. The summed E-state index contributed by atoms with van der Waals surface area (Å²) in [6.07, 6.45) is 0. The van der Waals surface area contributed by atoms with Gasteiger partial charge < -0.3 is 5.73 Å². The van der Waals surface area contributed by atoms with Crippen LogP contribution in [-0.4, -0.2) is 5.54 Å². The second-order valence-corrected chi connectivity index (χ2v) is 2.37. The third kappa shape index (κ3) is 147. The minimum absolute atomic E-state index is 0. The number of hydrogen-bond acceptors (Lipinski definition) is 1. The molecule has 40 valence electrons. The van der Waals surface area contributed by atoms with Crippen molar-refractivity contribution in [1.82, 2.24) is 0 Å². The maximum Gasteiger partial charge on any atom is 2.00 e. The molecule has 2 N–H and O–H groups in total. The van der Waals surface area contributed by atoms with Crippen molar-refractivity contribution >= 4 is 0 Å². The predicted octanol–water partition coefficient (Wildman–Crippen LogP) is 0.741. The van der Waals surface area contributed by atoms with E-state index < -0.39 is 0 Å². The van der Waals surface area contributed by atoms with Gasteiger partial charge in [-0.25, -0.2) is 0 Å². The van der Waals surface area contributed by atoms with Gasteiger partial charge in [0.15, 0.2) is 0 Å². The van der Waals surface area contributed by atoms with Crippen molar-refractivity contribution < 1.29 is 21.1 Å². The van der Waals surface area contributed by atoms with Gasteiger partial charge in [-0.3, -0.25) is 0 Å². The summed E-state index contributed by atoms with van der Waals surface area (Å²) >= 11 is 0. The zero-order chi connectivity index (χ0) is 4.50. The van der Waals surface area contributed by atoms with E-state index in [2.05, 4.69) is 0 Å². The average molecular weight is 268 g/mol. The maximum atomic E-state index is 5.35. The molecule has 0 heterocycles. The molecule has 6 heavy (non-hydrogen) atoms. The summed E-state index contributed by atoms with van der Waals surface area (Å²) in [6.45, 7) is 5.90. The Hall–Kier alpha value is 0.648. The van der Waals surface area contributed by atoms with Gasteiger partial charge in [0.05, 0.1) is 0 Å². The van der Waals surface area contributed by atoms with Crippen LogP contribution in [0.5, 0.6) is 0 Å². The van der Waals surface area contributed by atoms with E-state index in [9.17, 15) is 0 Å². The van der Waals surface area contributed by atoms with Crippen LogP contribution >= 0.6 is 0 Å². The van der Waals surface area contributed by atoms with E-state index in [-0.39, 0.29) is 26.6 Å². The standard InChI is InChI=1S/C4H11N.Pt/c1-4(2,3)5;/h5H2,1-3H3;/q;+2. The van der Waals surface area contributed by atoms with Crippen molar-refractivity contribution in [1.29, 1.82) is 0 Å². The van der Waals surface area contributed by atoms with E-state index in [1.165, 1.54) is 0 Å². The first kappa shape index (κ1) is 9.82. The molecular formula is C4H11NPt+2. The fraction of sp³-hybridized carbons (Fsp3) is 1.00. The Balaban J connectivity index is 0. The molecule has 0 rings (SSSR count). The first-order valence-electron chi connectivity index (χ1n) is 1.79. The number of rotatable bonds is 0. The smallest absolute Gasteiger partial charge is 0.326 e. The number of hydrogen-bond donors (Lipinski definition) is 1. The fourth-order valence-corrected chi connectivity index (χ4v) is 0. The molecule has 0 aliphatic rings. The molecule has 0 radical (unpaired) electrons. The Morgan fingerprint density at radius 2 is 1.17 bits per heavy atom. The molecule has 0 saturated heterocycles. The van der Waals surface area contributed by atoms with Crippen LogP contribution in [0.3, 0.4) is 0 Å². The van der Waals surface area contributed by atoms with Crippen LogP contribution < -0.4 is 5.73 Å². The molecule has 0 aromatic rings. The molecule has 0 amide bonds. The Morgan fingerprint density at radius 1 is 1.17 bits per heavy atom. The first-order chi connectivity index (χ1) is 2.00. The summed E-state index contributed by atoms with van der Waals surface area (Å²) in [5.41, 5.74) is 5.35. The van der Waals surface area contributed by atoms with Crippen LogP contribution in [-0.2, 0) is 21.1 Å². The van der Waals surface area contributed by atoms with Crippen LogP contribution in [0.4, 0.5) is 0 Å². The van der Waals surface area contributed by atoms with E-state index in [1.54, 1.807) is 0 Å². The van der Waals surface area contributed by atoms with Gasteiger partial charge in [-0.05, 0) is 20.8 Å². The molecule has 1 nitrogen and oxygen atoms in total. The molecule has 0 aromatic carbocycles. The van der Waals surface area contributed by atoms with Gasteiger partial charge in [-0.15, -0.1) is 0 Å². The van der Waals surface area contributed by atoms with E-state index in [1.807, 2.05) is 20.8 Å².